The van der Waals surface area contributed by atoms with E-state index < -0.39 is 12.2 Å². The molecule has 7 nitrogen and oxygen atoms in total. The number of methoxy groups -OCH3 is 1. The van der Waals surface area contributed by atoms with Gasteiger partial charge in [-0.2, -0.15) is 0 Å². The Kier molecular flexibility index (Phi) is 5.40. The smallest absolute Gasteiger partial charge is 0.412 e. The minimum atomic E-state index is -0.771. The lowest BCUT2D eigenvalue weighted by molar-refractivity contribution is -0.136. The fourth-order valence-corrected chi connectivity index (χ4v) is 4.20. The molecule has 2 amide bonds. The maximum atomic E-state index is 13.1. The van der Waals surface area contributed by atoms with Crippen LogP contribution in [0.25, 0.3) is 0 Å². The number of rotatable bonds is 5. The molecular weight excluding hydrogens is 370 g/mol. The normalized spacial score (nSPS) is 23.7. The highest BCUT2D eigenvalue weighted by molar-refractivity contribution is 5.90. The van der Waals surface area contributed by atoms with Crippen molar-refractivity contribution >= 4 is 17.7 Å². The van der Waals surface area contributed by atoms with Gasteiger partial charge in [0.1, 0.15) is 5.75 Å². The summed E-state index contributed by atoms with van der Waals surface area (Å²) in [4.78, 5) is 29.6. The largest absolute Gasteiger partial charge is 0.497 e. The van der Waals surface area contributed by atoms with Crippen molar-refractivity contribution in [1.82, 2.24) is 9.80 Å². The summed E-state index contributed by atoms with van der Waals surface area (Å²) in [6.45, 7) is 2.03. The topological polar surface area (TPSA) is 71.1 Å². The molecule has 2 fully saturated rings. The summed E-state index contributed by atoms with van der Waals surface area (Å²) in [5, 5.41) is 2.70. The van der Waals surface area contributed by atoms with Crippen molar-refractivity contribution in [2.75, 3.05) is 32.6 Å². The van der Waals surface area contributed by atoms with Crippen LogP contribution in [0.3, 0.4) is 0 Å². The molecule has 2 aliphatic heterocycles. The van der Waals surface area contributed by atoms with Crippen LogP contribution in [0.2, 0.25) is 0 Å². The van der Waals surface area contributed by atoms with Gasteiger partial charge in [-0.1, -0.05) is 30.3 Å². The van der Waals surface area contributed by atoms with E-state index in [1.807, 2.05) is 42.3 Å². The van der Waals surface area contributed by atoms with Gasteiger partial charge >= 0.3 is 6.09 Å². The Balaban J connectivity index is 1.45. The Hall–Kier alpha value is -3.06. The summed E-state index contributed by atoms with van der Waals surface area (Å²) in [6, 6.07) is 16.9. The first-order valence-electron chi connectivity index (χ1n) is 9.70. The molecule has 0 aliphatic carbocycles. The number of hydrogen-bond donors (Lipinski definition) is 1. The van der Waals surface area contributed by atoms with E-state index in [-0.39, 0.29) is 17.9 Å². The maximum absolute atomic E-state index is 13.1. The molecule has 4 rings (SSSR count). The first kappa shape index (κ1) is 19.3. The van der Waals surface area contributed by atoms with Crippen molar-refractivity contribution < 1.29 is 19.1 Å². The van der Waals surface area contributed by atoms with Crippen molar-refractivity contribution in [3.63, 3.8) is 0 Å². The van der Waals surface area contributed by atoms with E-state index in [0.717, 1.165) is 18.7 Å². The fraction of sp³-hybridized carbons (Fsp3) is 0.364. The summed E-state index contributed by atoms with van der Waals surface area (Å²) in [5.41, 5.74) is 1.65. The molecule has 7 heteroatoms. The van der Waals surface area contributed by atoms with E-state index >= 15 is 0 Å². The first-order chi connectivity index (χ1) is 14.0. The van der Waals surface area contributed by atoms with Crippen LogP contribution in [0.1, 0.15) is 5.56 Å². The van der Waals surface area contributed by atoms with Crippen molar-refractivity contribution in [3.8, 4) is 5.75 Å². The van der Waals surface area contributed by atoms with Gasteiger partial charge in [-0.15, -0.1) is 0 Å². The second-order valence-electron chi connectivity index (χ2n) is 7.58. The Morgan fingerprint density at radius 1 is 1.10 bits per heavy atom. The van der Waals surface area contributed by atoms with Gasteiger partial charge < -0.3 is 19.3 Å². The number of carbonyl (C=O) groups is 2. The zero-order valence-corrected chi connectivity index (χ0v) is 16.6. The maximum Gasteiger partial charge on any atom is 0.412 e. The second-order valence-corrected chi connectivity index (χ2v) is 7.58. The standard InChI is InChI=1S/C22H25N3O4/c1-24-13-18-19(14-24)25(12-15-6-4-3-5-7-15)21(26)20(18)29-22(27)23-16-8-10-17(28-2)11-9-16/h3-11,18-20H,12-14H2,1-2H3,(H,23,27)/t18-,19+,20-/m0/s1. The molecular formula is C22H25N3O4. The fourth-order valence-electron chi connectivity index (χ4n) is 4.20. The highest BCUT2D eigenvalue weighted by Gasteiger charge is 2.53. The van der Waals surface area contributed by atoms with Crippen molar-refractivity contribution in [1.29, 1.82) is 0 Å². The summed E-state index contributed by atoms with van der Waals surface area (Å²) in [6.07, 6.45) is -1.39. The number of hydrogen-bond acceptors (Lipinski definition) is 5. The number of nitrogens with one attached hydrogen (secondary N) is 1. The molecule has 2 aliphatic rings. The van der Waals surface area contributed by atoms with Gasteiger partial charge in [-0.05, 0) is 36.9 Å². The average Bonchev–Trinajstić information content (AvgIpc) is 3.21. The van der Waals surface area contributed by atoms with Crippen LogP contribution in [-0.2, 0) is 16.1 Å². The summed E-state index contributed by atoms with van der Waals surface area (Å²) >= 11 is 0. The van der Waals surface area contributed by atoms with Gasteiger partial charge in [0.2, 0.25) is 0 Å². The molecule has 0 spiro atoms. The third kappa shape index (κ3) is 4.05. The van der Waals surface area contributed by atoms with Crippen LogP contribution < -0.4 is 10.1 Å². The van der Waals surface area contributed by atoms with E-state index in [0.29, 0.717) is 18.0 Å². The SMILES string of the molecule is COc1ccc(NC(=O)O[C@@H]2C(=O)N(Cc3ccccc3)[C@@H]3CN(C)C[C@H]23)cc1. The quantitative estimate of drug-likeness (QED) is 0.843. The highest BCUT2D eigenvalue weighted by atomic mass is 16.6. The van der Waals surface area contributed by atoms with Crippen LogP contribution in [0.15, 0.2) is 54.6 Å². The van der Waals surface area contributed by atoms with Crippen LogP contribution in [-0.4, -0.2) is 61.2 Å². The summed E-state index contributed by atoms with van der Waals surface area (Å²) < 4.78 is 10.7. The van der Waals surface area contributed by atoms with Crippen LogP contribution in [0.4, 0.5) is 10.5 Å². The number of anilines is 1. The van der Waals surface area contributed by atoms with Gasteiger partial charge in [0.25, 0.3) is 5.91 Å². The molecule has 29 heavy (non-hydrogen) atoms. The average molecular weight is 395 g/mol. The van der Waals surface area contributed by atoms with Gasteiger partial charge in [0.05, 0.1) is 13.2 Å². The van der Waals surface area contributed by atoms with Gasteiger partial charge in [0.15, 0.2) is 6.10 Å². The third-order valence-corrected chi connectivity index (χ3v) is 5.60. The zero-order chi connectivity index (χ0) is 20.4. The van der Waals surface area contributed by atoms with E-state index in [2.05, 4.69) is 10.2 Å². The lowest BCUT2D eigenvalue weighted by Crippen LogP contribution is -2.39. The predicted octanol–water partition coefficient (Wildman–Crippen LogP) is 2.58. The molecule has 2 heterocycles. The van der Waals surface area contributed by atoms with E-state index in [9.17, 15) is 9.59 Å². The molecule has 2 aromatic rings. The second kappa shape index (κ2) is 8.13. The van der Waals surface area contributed by atoms with Gasteiger partial charge in [-0.3, -0.25) is 10.1 Å². The lowest BCUT2D eigenvalue weighted by Gasteiger charge is -2.24. The van der Waals surface area contributed by atoms with E-state index in [4.69, 9.17) is 9.47 Å². The number of benzene rings is 2. The van der Waals surface area contributed by atoms with E-state index in [1.54, 1.807) is 31.4 Å². The lowest BCUT2D eigenvalue weighted by atomic mass is 10.0. The summed E-state index contributed by atoms with van der Waals surface area (Å²) in [5.74, 6) is 0.544. The number of carbonyl (C=O) groups excluding carboxylic acids is 2. The molecule has 0 saturated carbocycles. The predicted molar refractivity (Wildman–Crippen MR) is 109 cm³/mol. The minimum Gasteiger partial charge on any atom is -0.497 e. The Bertz CT molecular complexity index is 871. The Morgan fingerprint density at radius 2 is 1.83 bits per heavy atom. The monoisotopic (exact) mass is 395 g/mol. The molecule has 0 bridgehead atoms. The van der Waals surface area contributed by atoms with Gasteiger partial charge in [-0.25, -0.2) is 4.79 Å². The van der Waals surface area contributed by atoms with Crippen molar-refractivity contribution in [2.45, 2.75) is 18.7 Å². The van der Waals surface area contributed by atoms with Crippen LogP contribution in [0.5, 0.6) is 5.75 Å². The van der Waals surface area contributed by atoms with Crippen molar-refractivity contribution in [2.24, 2.45) is 5.92 Å². The Morgan fingerprint density at radius 3 is 2.52 bits per heavy atom. The van der Waals surface area contributed by atoms with Crippen molar-refractivity contribution in [3.05, 3.63) is 60.2 Å². The molecule has 0 aromatic heterocycles. The number of nitrogens with zero attached hydrogens (tertiary/aromatic N) is 2. The zero-order valence-electron chi connectivity index (χ0n) is 16.6. The molecule has 0 unspecified atom stereocenters. The highest BCUT2D eigenvalue weighted by Crippen LogP contribution is 2.35. The van der Waals surface area contributed by atoms with E-state index in [1.165, 1.54) is 0 Å². The molecule has 152 valence electrons. The third-order valence-electron chi connectivity index (χ3n) is 5.60. The number of amides is 2. The van der Waals surface area contributed by atoms with Crippen LogP contribution >= 0.6 is 0 Å². The molecule has 1 N–H and O–H groups in total. The number of fused-ring (bicyclic) bond motifs is 1. The molecule has 2 aromatic carbocycles. The number of likely N-dealkylation sites (tertiary alicyclic amines) is 2. The first-order valence-corrected chi connectivity index (χ1v) is 9.70. The van der Waals surface area contributed by atoms with Gasteiger partial charge in [0, 0.05) is 31.2 Å². The van der Waals surface area contributed by atoms with Crippen LogP contribution in [0, 0.1) is 5.92 Å². The number of ether oxygens (including phenoxy) is 2. The summed E-state index contributed by atoms with van der Waals surface area (Å²) in [7, 11) is 3.61. The molecule has 2 saturated heterocycles. The number of likely N-dealkylation sites (N-methyl/N-ethyl adjacent to an activating group) is 1. The molecule has 3 atom stereocenters. The Labute approximate surface area is 170 Å². The molecule has 0 radical (unpaired) electrons. The minimum absolute atomic E-state index is 0.0298.